The van der Waals surface area contributed by atoms with E-state index < -0.39 is 5.97 Å². The van der Waals surface area contributed by atoms with Crippen LogP contribution in [0.5, 0.6) is 0 Å². The molecule has 0 radical (unpaired) electrons. The number of rotatable bonds is 1. The number of aliphatic carboxylic acids is 1. The van der Waals surface area contributed by atoms with Crippen molar-refractivity contribution in [2.75, 3.05) is 12.3 Å². The zero-order chi connectivity index (χ0) is 8.60. The predicted molar refractivity (Wildman–Crippen MR) is 48.5 cm³/mol. The maximum Gasteiger partial charge on any atom is 0.320 e. The highest BCUT2D eigenvalue weighted by Crippen LogP contribution is 2.43. The molecule has 12 heavy (non-hydrogen) atoms. The van der Waals surface area contributed by atoms with Crippen molar-refractivity contribution in [3.05, 3.63) is 0 Å². The van der Waals surface area contributed by atoms with E-state index in [1.165, 1.54) is 18.6 Å². The second-order valence-electron chi connectivity index (χ2n) is 3.61. The van der Waals surface area contributed by atoms with Crippen LogP contribution in [0.1, 0.15) is 19.3 Å². The lowest BCUT2D eigenvalue weighted by molar-refractivity contribution is -0.139. The number of hydrogen-bond acceptors (Lipinski definition) is 3. The molecule has 2 heterocycles. The van der Waals surface area contributed by atoms with Crippen LogP contribution in [-0.2, 0) is 4.79 Å². The smallest absolute Gasteiger partial charge is 0.320 e. The van der Waals surface area contributed by atoms with Gasteiger partial charge in [-0.15, -0.1) is 0 Å². The van der Waals surface area contributed by atoms with Crippen molar-refractivity contribution < 1.29 is 9.90 Å². The molecule has 0 amide bonds. The van der Waals surface area contributed by atoms with Crippen LogP contribution in [0.25, 0.3) is 0 Å². The summed E-state index contributed by atoms with van der Waals surface area (Å²) in [6.45, 7) is 0.884. The van der Waals surface area contributed by atoms with Crippen molar-refractivity contribution in [2.24, 2.45) is 0 Å². The van der Waals surface area contributed by atoms with Crippen LogP contribution in [0, 0.1) is 0 Å². The van der Waals surface area contributed by atoms with Crippen LogP contribution in [0.15, 0.2) is 0 Å². The summed E-state index contributed by atoms with van der Waals surface area (Å²) >= 11 is 1.95. The highest BCUT2D eigenvalue weighted by molar-refractivity contribution is 8.00. The summed E-state index contributed by atoms with van der Waals surface area (Å²) in [6.07, 6.45) is 3.25. The van der Waals surface area contributed by atoms with E-state index >= 15 is 0 Å². The van der Waals surface area contributed by atoms with Gasteiger partial charge in [-0.25, -0.2) is 0 Å². The number of nitrogens with one attached hydrogen (secondary N) is 1. The lowest BCUT2D eigenvalue weighted by Gasteiger charge is -2.19. The molecule has 2 N–H and O–H groups in total. The molecule has 2 aliphatic rings. The predicted octanol–water partition coefficient (Wildman–Crippen LogP) is 0.699. The Morgan fingerprint density at radius 3 is 3.00 bits per heavy atom. The normalized spacial score (nSPS) is 40.8. The first-order chi connectivity index (χ1) is 5.72. The molecule has 0 aliphatic carbocycles. The van der Waals surface area contributed by atoms with Crippen molar-refractivity contribution >= 4 is 17.7 Å². The van der Waals surface area contributed by atoms with Crippen molar-refractivity contribution in [3.8, 4) is 0 Å². The minimum Gasteiger partial charge on any atom is -0.480 e. The highest BCUT2D eigenvalue weighted by Gasteiger charge is 2.43. The van der Waals surface area contributed by atoms with Gasteiger partial charge in [-0.1, -0.05) is 0 Å². The summed E-state index contributed by atoms with van der Waals surface area (Å²) < 4.78 is 0.267. The van der Waals surface area contributed by atoms with Gasteiger partial charge in [0.1, 0.15) is 6.04 Å². The standard InChI is InChI=1S/C8H13NO2S/c10-7(11)6-4-8(5-9-6)2-1-3-12-8/h6,9H,1-5H2,(H,10,11). The maximum atomic E-state index is 10.7. The summed E-state index contributed by atoms with van der Waals surface area (Å²) in [6, 6.07) is -0.296. The highest BCUT2D eigenvalue weighted by atomic mass is 32.2. The Kier molecular flexibility index (Phi) is 2.04. The molecule has 0 aromatic heterocycles. The van der Waals surface area contributed by atoms with E-state index in [-0.39, 0.29) is 10.8 Å². The molecule has 68 valence electrons. The van der Waals surface area contributed by atoms with Gasteiger partial charge < -0.3 is 10.4 Å². The number of thioether (sulfide) groups is 1. The second-order valence-corrected chi connectivity index (χ2v) is 5.17. The molecular weight excluding hydrogens is 174 g/mol. The molecule has 2 atom stereocenters. The van der Waals surface area contributed by atoms with Crippen LogP contribution in [0.2, 0.25) is 0 Å². The van der Waals surface area contributed by atoms with Gasteiger partial charge in [0.2, 0.25) is 0 Å². The molecule has 4 heteroatoms. The van der Waals surface area contributed by atoms with Crippen molar-refractivity contribution in [2.45, 2.75) is 30.1 Å². The van der Waals surface area contributed by atoms with E-state index in [2.05, 4.69) is 5.32 Å². The van der Waals surface area contributed by atoms with Crippen molar-refractivity contribution in [1.82, 2.24) is 5.32 Å². The Morgan fingerprint density at radius 2 is 2.50 bits per heavy atom. The zero-order valence-corrected chi connectivity index (χ0v) is 7.69. The van der Waals surface area contributed by atoms with E-state index in [4.69, 9.17) is 5.11 Å². The van der Waals surface area contributed by atoms with Crippen LogP contribution >= 0.6 is 11.8 Å². The molecule has 2 rings (SSSR count). The Bertz CT molecular complexity index is 201. The van der Waals surface area contributed by atoms with Gasteiger partial charge >= 0.3 is 5.97 Å². The van der Waals surface area contributed by atoms with Gasteiger partial charge in [-0.05, 0) is 25.0 Å². The van der Waals surface area contributed by atoms with E-state index in [0.29, 0.717) is 0 Å². The fourth-order valence-electron chi connectivity index (χ4n) is 2.06. The molecule has 2 aliphatic heterocycles. The minimum atomic E-state index is -0.695. The quantitative estimate of drug-likeness (QED) is 0.634. The third-order valence-corrected chi connectivity index (χ3v) is 4.35. The minimum absolute atomic E-state index is 0.267. The molecular formula is C8H13NO2S. The summed E-state index contributed by atoms with van der Waals surface area (Å²) in [7, 11) is 0. The van der Waals surface area contributed by atoms with Gasteiger partial charge in [0.05, 0.1) is 0 Å². The topological polar surface area (TPSA) is 49.3 Å². The number of hydrogen-bond donors (Lipinski definition) is 2. The first-order valence-corrected chi connectivity index (χ1v) is 5.31. The third kappa shape index (κ3) is 1.33. The molecule has 1 spiro atoms. The summed E-state index contributed by atoms with van der Waals surface area (Å²) in [5.41, 5.74) is 0. The first-order valence-electron chi connectivity index (χ1n) is 4.32. The van der Waals surface area contributed by atoms with E-state index in [1.807, 2.05) is 11.8 Å². The molecule has 3 nitrogen and oxygen atoms in total. The maximum absolute atomic E-state index is 10.7. The van der Waals surface area contributed by atoms with Gasteiger partial charge in [-0.3, -0.25) is 4.79 Å². The van der Waals surface area contributed by atoms with Crippen LogP contribution in [-0.4, -0.2) is 34.2 Å². The lowest BCUT2D eigenvalue weighted by atomic mass is 10.00. The van der Waals surface area contributed by atoms with Gasteiger partial charge in [-0.2, -0.15) is 11.8 Å². The molecule has 0 bridgehead atoms. The fourth-order valence-corrected chi connectivity index (χ4v) is 3.54. The Morgan fingerprint density at radius 1 is 1.67 bits per heavy atom. The van der Waals surface area contributed by atoms with Crippen LogP contribution < -0.4 is 5.32 Å². The number of carboxylic acids is 1. The third-order valence-electron chi connectivity index (χ3n) is 2.73. The zero-order valence-electron chi connectivity index (χ0n) is 6.88. The molecule has 2 saturated heterocycles. The monoisotopic (exact) mass is 187 g/mol. The largest absolute Gasteiger partial charge is 0.480 e. The fraction of sp³-hybridized carbons (Fsp3) is 0.875. The molecule has 2 fully saturated rings. The number of carbonyl (C=O) groups is 1. The average molecular weight is 187 g/mol. The van der Waals surface area contributed by atoms with Crippen LogP contribution in [0.4, 0.5) is 0 Å². The first kappa shape index (κ1) is 8.38. The summed E-state index contributed by atoms with van der Waals surface area (Å²) in [4.78, 5) is 10.7. The molecule has 0 aromatic rings. The Hall–Kier alpha value is -0.220. The SMILES string of the molecule is O=C(O)C1CC2(CCCS2)CN1. The van der Waals surface area contributed by atoms with E-state index in [1.54, 1.807) is 0 Å². The summed E-state index contributed by atoms with van der Waals surface area (Å²) in [5.74, 6) is 0.507. The average Bonchev–Trinajstić information content (AvgIpc) is 2.62. The van der Waals surface area contributed by atoms with Gasteiger partial charge in [0.25, 0.3) is 0 Å². The lowest BCUT2D eigenvalue weighted by Crippen LogP contribution is -2.30. The van der Waals surface area contributed by atoms with E-state index in [9.17, 15) is 4.79 Å². The Balaban J connectivity index is 2.01. The second kappa shape index (κ2) is 2.92. The van der Waals surface area contributed by atoms with Crippen molar-refractivity contribution in [1.29, 1.82) is 0 Å². The number of carboxylic acid groups (broad SMARTS) is 1. The van der Waals surface area contributed by atoms with E-state index in [0.717, 1.165) is 13.0 Å². The molecule has 0 aromatic carbocycles. The van der Waals surface area contributed by atoms with Crippen LogP contribution in [0.3, 0.4) is 0 Å². The van der Waals surface area contributed by atoms with Gasteiger partial charge in [0.15, 0.2) is 0 Å². The summed E-state index contributed by atoms with van der Waals surface area (Å²) in [5, 5.41) is 11.9. The molecule has 0 saturated carbocycles. The molecule has 2 unspecified atom stereocenters. The Labute approximate surface area is 75.9 Å². The van der Waals surface area contributed by atoms with Gasteiger partial charge in [0, 0.05) is 11.3 Å². The van der Waals surface area contributed by atoms with Crippen molar-refractivity contribution in [3.63, 3.8) is 0 Å².